The zero-order chi connectivity index (χ0) is 16.7. The van der Waals surface area contributed by atoms with Crippen LogP contribution in [0.15, 0.2) is 43.7 Å². The number of carbonyl (C=O) groups is 1. The first-order chi connectivity index (χ1) is 10.9. The highest BCUT2D eigenvalue weighted by Gasteiger charge is 2.23. The topological polar surface area (TPSA) is 50.4 Å². The molecule has 0 aliphatic heterocycles. The van der Waals surface area contributed by atoms with Crippen LogP contribution < -0.4 is 0 Å². The molecule has 0 spiro atoms. The monoisotopic (exact) mass is 456 g/mol. The fourth-order valence-electron chi connectivity index (χ4n) is 2.47. The van der Waals surface area contributed by atoms with Gasteiger partial charge in [-0.2, -0.15) is 0 Å². The summed E-state index contributed by atoms with van der Waals surface area (Å²) in [5.74, 6) is 0.472. The molecule has 1 N–H and O–H groups in total. The summed E-state index contributed by atoms with van der Waals surface area (Å²) in [6, 6.07) is 8.52. The Morgan fingerprint density at radius 2 is 1.91 bits per heavy atom. The van der Waals surface area contributed by atoms with E-state index in [4.69, 9.17) is 16.0 Å². The van der Waals surface area contributed by atoms with E-state index in [0.717, 1.165) is 0 Å². The minimum Gasteiger partial charge on any atom is -0.506 e. The van der Waals surface area contributed by atoms with Gasteiger partial charge in [0, 0.05) is 17.4 Å². The largest absolute Gasteiger partial charge is 0.506 e. The highest BCUT2D eigenvalue weighted by molar-refractivity contribution is 9.11. The lowest BCUT2D eigenvalue weighted by Crippen LogP contribution is -2.03. The summed E-state index contributed by atoms with van der Waals surface area (Å²) in [6.45, 7) is 1.92. The Bertz CT molecular complexity index is 908. The van der Waals surface area contributed by atoms with E-state index in [1.54, 1.807) is 24.3 Å². The number of carbonyl (C=O) groups excluding carboxylic acids is 1. The second kappa shape index (κ2) is 6.30. The standard InChI is InChI=1S/C17H11Br2ClO3/c1-2-13-14(9-4-3-5-12(20)17(9)23-13)15(21)8-6-10(18)16(22)11(19)7-8/h3-7,22H,2H2,1H3. The van der Waals surface area contributed by atoms with Crippen LogP contribution in [0.25, 0.3) is 11.0 Å². The molecule has 0 aliphatic carbocycles. The average molecular weight is 459 g/mol. The average Bonchev–Trinajstić information content (AvgIpc) is 2.91. The van der Waals surface area contributed by atoms with Crippen molar-refractivity contribution in [3.8, 4) is 5.75 Å². The Balaban J connectivity index is 2.24. The maximum absolute atomic E-state index is 13.0. The van der Waals surface area contributed by atoms with Crippen molar-refractivity contribution < 1.29 is 14.3 Å². The number of rotatable bonds is 3. The van der Waals surface area contributed by atoms with Gasteiger partial charge in [0.05, 0.1) is 19.5 Å². The number of hydrogen-bond donors (Lipinski definition) is 1. The normalized spacial score (nSPS) is 11.1. The molecule has 0 saturated carbocycles. The molecule has 0 bridgehead atoms. The number of hydrogen-bond acceptors (Lipinski definition) is 3. The van der Waals surface area contributed by atoms with Gasteiger partial charge in [0.15, 0.2) is 11.4 Å². The van der Waals surface area contributed by atoms with Gasteiger partial charge in [0.2, 0.25) is 0 Å². The van der Waals surface area contributed by atoms with Crippen LogP contribution in [-0.2, 0) is 6.42 Å². The van der Waals surface area contributed by atoms with Gasteiger partial charge in [-0.1, -0.05) is 30.7 Å². The Morgan fingerprint density at radius 3 is 2.52 bits per heavy atom. The van der Waals surface area contributed by atoms with Crippen molar-refractivity contribution in [2.45, 2.75) is 13.3 Å². The fraction of sp³-hybridized carbons (Fsp3) is 0.118. The Hall–Kier alpha value is -1.30. The fourth-order valence-corrected chi connectivity index (χ4v) is 3.87. The van der Waals surface area contributed by atoms with E-state index >= 15 is 0 Å². The molecule has 3 aromatic rings. The lowest BCUT2D eigenvalue weighted by molar-refractivity contribution is 0.103. The number of ketones is 1. The maximum atomic E-state index is 13.0. The second-order valence-corrected chi connectivity index (χ2v) is 7.10. The van der Waals surface area contributed by atoms with Crippen molar-refractivity contribution in [3.63, 3.8) is 0 Å². The summed E-state index contributed by atoms with van der Waals surface area (Å²) in [4.78, 5) is 13.0. The first-order valence-corrected chi connectivity index (χ1v) is 8.83. The minimum atomic E-state index is -0.177. The quantitative estimate of drug-likeness (QED) is 0.482. The SMILES string of the molecule is CCc1oc2c(Cl)cccc2c1C(=O)c1cc(Br)c(O)c(Br)c1. The molecule has 3 nitrogen and oxygen atoms in total. The van der Waals surface area contributed by atoms with Crippen LogP contribution in [0, 0.1) is 0 Å². The van der Waals surface area contributed by atoms with Crippen molar-refractivity contribution in [2.75, 3.05) is 0 Å². The molecule has 0 atom stereocenters. The van der Waals surface area contributed by atoms with Gasteiger partial charge >= 0.3 is 0 Å². The van der Waals surface area contributed by atoms with Gasteiger partial charge in [0.25, 0.3) is 0 Å². The summed E-state index contributed by atoms with van der Waals surface area (Å²) in [5.41, 5.74) is 1.47. The number of phenols is 1. The molecule has 0 aliphatic rings. The van der Waals surface area contributed by atoms with Crippen molar-refractivity contribution in [2.24, 2.45) is 0 Å². The molecular weight excluding hydrogens is 447 g/mol. The van der Waals surface area contributed by atoms with Crippen molar-refractivity contribution >= 4 is 60.2 Å². The van der Waals surface area contributed by atoms with Gasteiger partial charge in [-0.05, 0) is 50.1 Å². The van der Waals surface area contributed by atoms with Crippen LogP contribution in [-0.4, -0.2) is 10.9 Å². The third-order valence-corrected chi connectivity index (χ3v) is 5.07. The zero-order valence-electron chi connectivity index (χ0n) is 12.0. The molecule has 6 heteroatoms. The number of benzene rings is 2. The lowest BCUT2D eigenvalue weighted by Gasteiger charge is -2.06. The third kappa shape index (κ3) is 2.82. The highest BCUT2D eigenvalue weighted by Crippen LogP contribution is 2.37. The van der Waals surface area contributed by atoms with Gasteiger partial charge in [0.1, 0.15) is 11.5 Å². The summed E-state index contributed by atoms with van der Waals surface area (Å²) in [5, 5.41) is 11.0. The lowest BCUT2D eigenvalue weighted by atomic mass is 9.99. The van der Waals surface area contributed by atoms with Gasteiger partial charge < -0.3 is 9.52 Å². The van der Waals surface area contributed by atoms with E-state index in [2.05, 4.69) is 31.9 Å². The Morgan fingerprint density at radius 1 is 1.26 bits per heavy atom. The number of para-hydroxylation sites is 1. The molecule has 2 aromatic carbocycles. The number of phenolic OH excluding ortho intramolecular Hbond substituents is 1. The van der Waals surface area contributed by atoms with E-state index in [1.165, 1.54) is 0 Å². The highest BCUT2D eigenvalue weighted by atomic mass is 79.9. The number of furan rings is 1. The summed E-state index contributed by atoms with van der Waals surface area (Å²) in [6.07, 6.45) is 0.576. The first kappa shape index (κ1) is 16.6. The van der Waals surface area contributed by atoms with Crippen LogP contribution in [0.4, 0.5) is 0 Å². The summed E-state index contributed by atoms with van der Waals surface area (Å²) in [7, 11) is 0. The van der Waals surface area contributed by atoms with E-state index < -0.39 is 0 Å². The second-order valence-electron chi connectivity index (χ2n) is 4.99. The van der Waals surface area contributed by atoms with Crippen molar-refractivity contribution in [3.05, 3.63) is 61.2 Å². The van der Waals surface area contributed by atoms with E-state index in [1.807, 2.05) is 13.0 Å². The maximum Gasteiger partial charge on any atom is 0.197 e. The van der Waals surface area contributed by atoms with Crippen LogP contribution in [0.2, 0.25) is 5.02 Å². The molecule has 0 amide bonds. The third-order valence-electron chi connectivity index (χ3n) is 3.57. The number of aryl methyl sites for hydroxylation is 1. The molecule has 0 unspecified atom stereocenters. The van der Waals surface area contributed by atoms with Gasteiger partial charge in [-0.3, -0.25) is 4.79 Å². The Labute approximate surface area is 154 Å². The van der Waals surface area contributed by atoms with Crippen molar-refractivity contribution in [1.82, 2.24) is 0 Å². The number of halogens is 3. The summed E-state index contributed by atoms with van der Waals surface area (Å²) < 4.78 is 6.67. The Kier molecular flexibility index (Phi) is 4.54. The van der Waals surface area contributed by atoms with Crippen LogP contribution >= 0.6 is 43.5 Å². The first-order valence-electron chi connectivity index (χ1n) is 6.86. The predicted molar refractivity (Wildman–Crippen MR) is 97.5 cm³/mol. The van der Waals surface area contributed by atoms with E-state index in [0.29, 0.717) is 48.2 Å². The molecule has 1 heterocycles. The van der Waals surface area contributed by atoms with Crippen molar-refractivity contribution in [1.29, 1.82) is 0 Å². The molecule has 0 radical (unpaired) electrons. The van der Waals surface area contributed by atoms with Crippen LogP contribution in [0.5, 0.6) is 5.75 Å². The smallest absolute Gasteiger partial charge is 0.197 e. The molecule has 118 valence electrons. The molecule has 0 fully saturated rings. The van der Waals surface area contributed by atoms with Gasteiger partial charge in [-0.15, -0.1) is 0 Å². The summed E-state index contributed by atoms with van der Waals surface area (Å²) >= 11 is 12.7. The van der Waals surface area contributed by atoms with Gasteiger partial charge in [-0.25, -0.2) is 0 Å². The van der Waals surface area contributed by atoms with Crippen LogP contribution in [0.3, 0.4) is 0 Å². The molecule has 23 heavy (non-hydrogen) atoms. The molecule has 0 saturated heterocycles. The number of aromatic hydroxyl groups is 1. The molecular formula is C17H11Br2ClO3. The van der Waals surface area contributed by atoms with E-state index in [-0.39, 0.29) is 11.5 Å². The van der Waals surface area contributed by atoms with Crippen LogP contribution in [0.1, 0.15) is 28.6 Å². The van der Waals surface area contributed by atoms with E-state index in [9.17, 15) is 9.90 Å². The number of fused-ring (bicyclic) bond motifs is 1. The zero-order valence-corrected chi connectivity index (χ0v) is 15.9. The minimum absolute atomic E-state index is 0.0531. The molecule has 1 aromatic heterocycles. The predicted octanol–water partition coefficient (Wildman–Crippen LogP) is 6.11. The molecule has 3 rings (SSSR count).